The molecule has 0 amide bonds. The Kier molecular flexibility index (Phi) is 4.32. The van der Waals surface area contributed by atoms with Crippen LogP contribution in [0.4, 0.5) is 5.69 Å². The van der Waals surface area contributed by atoms with Gasteiger partial charge in [-0.15, -0.1) is 0 Å². The number of hydrogen-bond donors (Lipinski definition) is 1. The van der Waals surface area contributed by atoms with Gasteiger partial charge in [0.05, 0.1) is 5.52 Å². The average Bonchev–Trinajstić information content (AvgIpc) is 2.53. The van der Waals surface area contributed by atoms with E-state index in [0.717, 1.165) is 22.5 Å². The number of nitrogens with two attached hydrogens (primary N) is 1. The molecule has 0 spiro atoms. The molecule has 2 aromatic rings. The van der Waals surface area contributed by atoms with Gasteiger partial charge in [0.15, 0.2) is 0 Å². The molecule has 0 saturated heterocycles. The Morgan fingerprint density at radius 1 is 1.29 bits per heavy atom. The topological polar surface area (TPSA) is 42.2 Å². The average molecular weight is 304 g/mol. The highest BCUT2D eigenvalue weighted by Gasteiger charge is 2.28. The van der Waals surface area contributed by atoms with Crippen LogP contribution in [0.25, 0.3) is 10.9 Å². The Labute approximate surface area is 131 Å². The fourth-order valence-corrected chi connectivity index (χ4v) is 3.73. The molecule has 2 N–H and O–H groups in total. The van der Waals surface area contributed by atoms with Crippen molar-refractivity contribution in [2.24, 2.45) is 11.7 Å². The van der Waals surface area contributed by atoms with E-state index in [1.54, 1.807) is 0 Å². The SMILES string of the molecule is CN(c1ccnc2cc(Cl)ccc12)C1CCCCC1CN. The Morgan fingerprint density at radius 3 is 2.90 bits per heavy atom. The molecule has 1 aliphatic carbocycles. The number of benzene rings is 1. The summed E-state index contributed by atoms with van der Waals surface area (Å²) < 4.78 is 0. The van der Waals surface area contributed by atoms with Crippen molar-refractivity contribution in [3.63, 3.8) is 0 Å². The first-order valence-electron chi connectivity index (χ1n) is 7.68. The van der Waals surface area contributed by atoms with Crippen molar-refractivity contribution in [2.45, 2.75) is 31.7 Å². The van der Waals surface area contributed by atoms with Crippen LogP contribution >= 0.6 is 11.6 Å². The molecule has 1 aliphatic rings. The van der Waals surface area contributed by atoms with Crippen LogP contribution in [0.15, 0.2) is 30.5 Å². The Balaban J connectivity index is 1.99. The lowest BCUT2D eigenvalue weighted by molar-refractivity contribution is 0.307. The van der Waals surface area contributed by atoms with Gasteiger partial charge in [0, 0.05) is 35.4 Å². The number of anilines is 1. The molecule has 3 nitrogen and oxygen atoms in total. The lowest BCUT2D eigenvalue weighted by Gasteiger charge is -2.39. The number of hydrogen-bond acceptors (Lipinski definition) is 3. The van der Waals surface area contributed by atoms with E-state index in [4.69, 9.17) is 17.3 Å². The van der Waals surface area contributed by atoms with Gasteiger partial charge in [-0.05, 0) is 49.6 Å². The summed E-state index contributed by atoms with van der Waals surface area (Å²) in [5, 5.41) is 1.89. The second kappa shape index (κ2) is 6.20. The van der Waals surface area contributed by atoms with Crippen molar-refractivity contribution < 1.29 is 0 Å². The van der Waals surface area contributed by atoms with Crippen molar-refractivity contribution in [3.05, 3.63) is 35.5 Å². The molecule has 1 heterocycles. The molecule has 1 saturated carbocycles. The van der Waals surface area contributed by atoms with Gasteiger partial charge in [-0.3, -0.25) is 4.98 Å². The van der Waals surface area contributed by atoms with Crippen LogP contribution in [0, 0.1) is 5.92 Å². The minimum absolute atomic E-state index is 0.519. The highest BCUT2D eigenvalue weighted by molar-refractivity contribution is 6.31. The highest BCUT2D eigenvalue weighted by atomic mass is 35.5. The zero-order valence-corrected chi connectivity index (χ0v) is 13.2. The van der Waals surface area contributed by atoms with E-state index in [0.29, 0.717) is 12.0 Å². The van der Waals surface area contributed by atoms with Crippen LogP contribution < -0.4 is 10.6 Å². The van der Waals surface area contributed by atoms with E-state index in [2.05, 4.69) is 29.1 Å². The van der Waals surface area contributed by atoms with Crippen LogP contribution in [-0.2, 0) is 0 Å². The summed E-state index contributed by atoms with van der Waals surface area (Å²) in [4.78, 5) is 6.83. The predicted molar refractivity (Wildman–Crippen MR) is 90.0 cm³/mol. The number of aromatic nitrogens is 1. The highest BCUT2D eigenvalue weighted by Crippen LogP contribution is 2.33. The Hall–Kier alpha value is -1.32. The molecule has 1 aromatic carbocycles. The zero-order valence-electron chi connectivity index (χ0n) is 12.4. The monoisotopic (exact) mass is 303 g/mol. The Morgan fingerprint density at radius 2 is 2.10 bits per heavy atom. The smallest absolute Gasteiger partial charge is 0.0737 e. The van der Waals surface area contributed by atoms with Gasteiger partial charge in [0.1, 0.15) is 0 Å². The van der Waals surface area contributed by atoms with E-state index >= 15 is 0 Å². The van der Waals surface area contributed by atoms with Crippen molar-refractivity contribution in [1.29, 1.82) is 0 Å². The van der Waals surface area contributed by atoms with Crippen molar-refractivity contribution in [2.75, 3.05) is 18.5 Å². The minimum Gasteiger partial charge on any atom is -0.371 e. The molecular formula is C17H22ClN3. The molecule has 21 heavy (non-hydrogen) atoms. The third kappa shape index (κ3) is 2.85. The first-order valence-corrected chi connectivity index (χ1v) is 8.05. The number of nitrogens with zero attached hydrogens (tertiary/aromatic N) is 2. The normalized spacial score (nSPS) is 22.4. The van der Waals surface area contributed by atoms with Gasteiger partial charge < -0.3 is 10.6 Å². The molecule has 112 valence electrons. The molecule has 2 atom stereocenters. The minimum atomic E-state index is 0.519. The number of rotatable bonds is 3. The molecule has 0 aliphatic heterocycles. The van der Waals surface area contributed by atoms with Gasteiger partial charge in [0.2, 0.25) is 0 Å². The number of halogens is 1. The molecule has 4 heteroatoms. The molecule has 0 radical (unpaired) electrons. The van der Waals surface area contributed by atoms with E-state index in [-0.39, 0.29) is 0 Å². The first-order chi connectivity index (χ1) is 10.2. The fourth-order valence-electron chi connectivity index (χ4n) is 3.57. The standard InChI is InChI=1S/C17H22ClN3/c1-21(16-5-3-2-4-12(16)11-19)17-8-9-20-15-10-13(18)6-7-14(15)17/h6-10,12,16H,2-5,11,19H2,1H3. The predicted octanol–water partition coefficient (Wildman–Crippen LogP) is 3.84. The van der Waals surface area contributed by atoms with Gasteiger partial charge in [-0.1, -0.05) is 24.4 Å². The molecule has 1 aromatic heterocycles. The summed E-state index contributed by atoms with van der Waals surface area (Å²) in [5.74, 6) is 0.583. The van der Waals surface area contributed by atoms with Crippen LogP contribution in [0.5, 0.6) is 0 Å². The van der Waals surface area contributed by atoms with Crippen molar-refractivity contribution in [1.82, 2.24) is 4.98 Å². The van der Waals surface area contributed by atoms with Gasteiger partial charge in [0.25, 0.3) is 0 Å². The maximum absolute atomic E-state index is 6.07. The lowest BCUT2D eigenvalue weighted by Crippen LogP contribution is -2.43. The maximum Gasteiger partial charge on any atom is 0.0737 e. The van der Waals surface area contributed by atoms with Crippen LogP contribution in [0.1, 0.15) is 25.7 Å². The first kappa shape index (κ1) is 14.6. The van der Waals surface area contributed by atoms with Gasteiger partial charge in [-0.25, -0.2) is 0 Å². The van der Waals surface area contributed by atoms with E-state index in [1.165, 1.54) is 31.4 Å². The summed E-state index contributed by atoms with van der Waals surface area (Å²) in [6.45, 7) is 0.768. The summed E-state index contributed by atoms with van der Waals surface area (Å²) in [7, 11) is 2.18. The molecule has 1 fully saturated rings. The summed E-state index contributed by atoms with van der Waals surface area (Å²) in [6, 6.07) is 8.54. The number of pyridine rings is 1. The third-order valence-corrected chi connectivity index (χ3v) is 4.97. The summed E-state index contributed by atoms with van der Waals surface area (Å²) in [5.41, 5.74) is 8.16. The quantitative estimate of drug-likeness (QED) is 0.936. The van der Waals surface area contributed by atoms with Crippen molar-refractivity contribution in [3.8, 4) is 0 Å². The van der Waals surface area contributed by atoms with Crippen LogP contribution in [-0.4, -0.2) is 24.6 Å². The van der Waals surface area contributed by atoms with E-state index in [1.807, 2.05) is 18.3 Å². The fraction of sp³-hybridized carbons (Fsp3) is 0.471. The third-order valence-electron chi connectivity index (χ3n) is 4.73. The second-order valence-corrected chi connectivity index (χ2v) is 6.39. The zero-order chi connectivity index (χ0) is 14.8. The van der Waals surface area contributed by atoms with Gasteiger partial charge in [-0.2, -0.15) is 0 Å². The van der Waals surface area contributed by atoms with Crippen LogP contribution in [0.3, 0.4) is 0 Å². The van der Waals surface area contributed by atoms with Crippen molar-refractivity contribution >= 4 is 28.2 Å². The summed E-state index contributed by atoms with van der Waals surface area (Å²) in [6.07, 6.45) is 6.92. The Bertz CT molecular complexity index is 628. The molecule has 0 bridgehead atoms. The maximum atomic E-state index is 6.07. The molecular weight excluding hydrogens is 282 g/mol. The van der Waals surface area contributed by atoms with Gasteiger partial charge >= 0.3 is 0 Å². The number of fused-ring (bicyclic) bond motifs is 1. The lowest BCUT2D eigenvalue weighted by atomic mass is 9.83. The van der Waals surface area contributed by atoms with Crippen LogP contribution in [0.2, 0.25) is 5.02 Å². The largest absolute Gasteiger partial charge is 0.371 e. The van der Waals surface area contributed by atoms with E-state index < -0.39 is 0 Å². The molecule has 2 unspecified atom stereocenters. The van der Waals surface area contributed by atoms with E-state index in [9.17, 15) is 0 Å². The second-order valence-electron chi connectivity index (χ2n) is 5.95. The summed E-state index contributed by atoms with van der Waals surface area (Å²) >= 11 is 6.07. The molecule has 3 rings (SSSR count).